The highest BCUT2D eigenvalue weighted by atomic mass is 35.5. The van der Waals surface area contributed by atoms with Crippen molar-refractivity contribution in [2.75, 3.05) is 6.54 Å². The molecule has 2 heterocycles. The van der Waals surface area contributed by atoms with Crippen LogP contribution in [0, 0.1) is 13.8 Å². The van der Waals surface area contributed by atoms with Gasteiger partial charge in [0, 0.05) is 32.8 Å². The zero-order valence-electron chi connectivity index (χ0n) is 17.1. The number of amides is 2. The second-order valence-corrected chi connectivity index (χ2v) is 10.4. The third kappa shape index (κ3) is 4.44. The summed E-state index contributed by atoms with van der Waals surface area (Å²) >= 11 is 15.6. The Kier molecular flexibility index (Phi) is 6.26. The Morgan fingerprint density at radius 2 is 1.35 bits per heavy atom. The van der Waals surface area contributed by atoms with Crippen molar-refractivity contribution in [1.29, 1.82) is 0 Å². The molecule has 160 valence electrons. The summed E-state index contributed by atoms with van der Waals surface area (Å²) in [7, 11) is 0. The largest absolute Gasteiger partial charge is 0.349 e. The van der Waals surface area contributed by atoms with Crippen LogP contribution in [0.2, 0.25) is 10.0 Å². The number of hydrogen-bond donors (Lipinski definition) is 2. The van der Waals surface area contributed by atoms with Gasteiger partial charge in [0.2, 0.25) is 0 Å². The molecule has 31 heavy (non-hydrogen) atoms. The highest BCUT2D eigenvalue weighted by Crippen LogP contribution is 2.36. The number of aryl methyl sites for hydroxylation is 2. The number of thiophene rings is 2. The first-order valence-corrected chi connectivity index (χ1v) is 12.1. The molecule has 1 atom stereocenters. The van der Waals surface area contributed by atoms with Crippen molar-refractivity contribution >= 4 is 77.9 Å². The molecule has 4 rings (SSSR count). The number of fused-ring (bicyclic) bond motifs is 2. The van der Waals surface area contributed by atoms with Gasteiger partial charge in [-0.25, -0.2) is 0 Å². The van der Waals surface area contributed by atoms with E-state index in [4.69, 9.17) is 23.2 Å². The summed E-state index contributed by atoms with van der Waals surface area (Å²) in [6.07, 6.45) is 0. The van der Waals surface area contributed by atoms with Gasteiger partial charge in [-0.1, -0.05) is 47.5 Å². The third-order valence-electron chi connectivity index (χ3n) is 4.93. The average Bonchev–Trinajstić information content (AvgIpc) is 3.22. The van der Waals surface area contributed by atoms with E-state index in [0.717, 1.165) is 31.3 Å². The first kappa shape index (κ1) is 22.1. The van der Waals surface area contributed by atoms with Gasteiger partial charge in [-0.15, -0.1) is 22.7 Å². The lowest BCUT2D eigenvalue weighted by Crippen LogP contribution is -2.41. The Morgan fingerprint density at radius 3 is 1.87 bits per heavy atom. The SMILES string of the molecule is Cc1ccc2c(Cl)c(C(=O)NC[C@@H](C)NC(=O)c3sc4cc(C)ccc4c3Cl)sc2c1. The van der Waals surface area contributed by atoms with E-state index in [2.05, 4.69) is 10.6 Å². The quantitative estimate of drug-likeness (QED) is 0.331. The van der Waals surface area contributed by atoms with Crippen LogP contribution < -0.4 is 10.6 Å². The van der Waals surface area contributed by atoms with Gasteiger partial charge in [-0.05, 0) is 44.0 Å². The Bertz CT molecular complexity index is 1330. The molecule has 0 bridgehead atoms. The molecule has 0 spiro atoms. The van der Waals surface area contributed by atoms with Crippen LogP contribution in [0.1, 0.15) is 37.4 Å². The molecule has 2 amide bonds. The molecule has 0 radical (unpaired) electrons. The van der Waals surface area contributed by atoms with E-state index in [-0.39, 0.29) is 24.4 Å². The van der Waals surface area contributed by atoms with E-state index in [1.807, 2.05) is 57.2 Å². The number of rotatable bonds is 5. The van der Waals surface area contributed by atoms with E-state index >= 15 is 0 Å². The van der Waals surface area contributed by atoms with Gasteiger partial charge in [0.15, 0.2) is 0 Å². The second-order valence-electron chi connectivity index (χ2n) is 7.57. The molecule has 2 aromatic carbocycles. The lowest BCUT2D eigenvalue weighted by atomic mass is 10.2. The van der Waals surface area contributed by atoms with Crippen molar-refractivity contribution in [3.05, 3.63) is 67.3 Å². The van der Waals surface area contributed by atoms with Gasteiger partial charge in [-0.3, -0.25) is 9.59 Å². The third-order valence-corrected chi connectivity index (χ3v) is 8.24. The lowest BCUT2D eigenvalue weighted by Gasteiger charge is -2.14. The Labute approximate surface area is 198 Å². The molecule has 0 unspecified atom stereocenters. The van der Waals surface area contributed by atoms with E-state index in [0.29, 0.717) is 19.8 Å². The minimum Gasteiger partial charge on any atom is -0.349 e. The smallest absolute Gasteiger partial charge is 0.263 e. The fourth-order valence-electron chi connectivity index (χ4n) is 3.30. The van der Waals surface area contributed by atoms with Gasteiger partial charge in [0.25, 0.3) is 11.8 Å². The zero-order chi connectivity index (χ0) is 22.3. The van der Waals surface area contributed by atoms with Crippen molar-refractivity contribution in [3.8, 4) is 0 Å². The molecule has 0 aliphatic carbocycles. The number of nitrogens with one attached hydrogen (secondary N) is 2. The molecule has 2 N–H and O–H groups in total. The van der Waals surface area contributed by atoms with Crippen LogP contribution in [0.4, 0.5) is 0 Å². The number of benzene rings is 2. The first-order valence-electron chi connectivity index (χ1n) is 9.71. The highest BCUT2D eigenvalue weighted by molar-refractivity contribution is 7.22. The number of carbonyl (C=O) groups is 2. The average molecular weight is 491 g/mol. The van der Waals surface area contributed by atoms with E-state index in [1.54, 1.807) is 0 Å². The summed E-state index contributed by atoms with van der Waals surface area (Å²) in [5.74, 6) is -0.499. The summed E-state index contributed by atoms with van der Waals surface area (Å²) in [4.78, 5) is 26.3. The van der Waals surface area contributed by atoms with Gasteiger partial charge in [-0.2, -0.15) is 0 Å². The van der Waals surface area contributed by atoms with Gasteiger partial charge in [0.1, 0.15) is 9.75 Å². The first-order chi connectivity index (χ1) is 14.7. The normalized spacial score (nSPS) is 12.3. The van der Waals surface area contributed by atoms with Crippen LogP contribution in [0.25, 0.3) is 20.2 Å². The zero-order valence-corrected chi connectivity index (χ0v) is 20.3. The molecule has 0 aliphatic rings. The van der Waals surface area contributed by atoms with Crippen LogP contribution in [0.5, 0.6) is 0 Å². The standard InChI is InChI=1S/C23H20Cl2N2O2S2/c1-11-4-6-14-16(8-11)30-20(18(14)24)22(28)26-10-13(3)27-23(29)21-19(25)15-7-5-12(2)9-17(15)31-21/h4-9,13H,10H2,1-3H3,(H,26,28)(H,27,29)/t13-/m1/s1. The minimum absolute atomic E-state index is 0.249. The second kappa shape index (κ2) is 8.79. The summed E-state index contributed by atoms with van der Waals surface area (Å²) in [6.45, 7) is 6.11. The van der Waals surface area contributed by atoms with Crippen LogP contribution in [0.15, 0.2) is 36.4 Å². The predicted octanol–water partition coefficient (Wildman–Crippen LogP) is 6.59. The molecule has 4 nitrogen and oxygen atoms in total. The lowest BCUT2D eigenvalue weighted by molar-refractivity contribution is 0.0916. The number of halogens is 2. The molecule has 8 heteroatoms. The van der Waals surface area contributed by atoms with Crippen LogP contribution in [-0.4, -0.2) is 24.4 Å². The fraction of sp³-hybridized carbons (Fsp3) is 0.217. The molecular formula is C23H20Cl2N2O2S2. The fourth-order valence-corrected chi connectivity index (χ4v) is 6.35. The van der Waals surface area contributed by atoms with E-state index in [9.17, 15) is 9.59 Å². The van der Waals surface area contributed by atoms with Crippen LogP contribution in [-0.2, 0) is 0 Å². The van der Waals surface area contributed by atoms with Gasteiger partial charge < -0.3 is 10.6 Å². The van der Waals surface area contributed by atoms with Crippen molar-refractivity contribution in [2.45, 2.75) is 26.8 Å². The molecule has 2 aromatic heterocycles. The molecule has 0 saturated heterocycles. The number of hydrogen-bond acceptors (Lipinski definition) is 4. The summed E-state index contributed by atoms with van der Waals surface area (Å²) < 4.78 is 1.96. The molecular weight excluding hydrogens is 471 g/mol. The monoisotopic (exact) mass is 490 g/mol. The molecule has 4 aromatic rings. The van der Waals surface area contributed by atoms with Gasteiger partial charge in [0.05, 0.1) is 10.0 Å². The maximum absolute atomic E-state index is 12.7. The van der Waals surface area contributed by atoms with Crippen molar-refractivity contribution in [2.24, 2.45) is 0 Å². The topological polar surface area (TPSA) is 58.2 Å². The van der Waals surface area contributed by atoms with Crippen molar-refractivity contribution < 1.29 is 9.59 Å². The summed E-state index contributed by atoms with van der Waals surface area (Å²) in [5.41, 5.74) is 2.23. The predicted molar refractivity (Wildman–Crippen MR) is 132 cm³/mol. The Balaban J connectivity index is 1.42. The molecule has 0 saturated carbocycles. The summed E-state index contributed by atoms with van der Waals surface area (Å²) in [5, 5.41) is 8.44. The van der Waals surface area contributed by atoms with Gasteiger partial charge >= 0.3 is 0 Å². The molecule has 0 fully saturated rings. The molecule has 0 aliphatic heterocycles. The Morgan fingerprint density at radius 1 is 0.871 bits per heavy atom. The minimum atomic E-state index is -0.283. The highest BCUT2D eigenvalue weighted by Gasteiger charge is 2.21. The summed E-state index contributed by atoms with van der Waals surface area (Å²) in [6, 6.07) is 11.6. The van der Waals surface area contributed by atoms with Crippen LogP contribution >= 0.6 is 45.9 Å². The Hall–Kier alpha value is -2.12. The van der Waals surface area contributed by atoms with Crippen LogP contribution in [0.3, 0.4) is 0 Å². The maximum atomic E-state index is 12.7. The number of carbonyl (C=O) groups excluding carboxylic acids is 2. The maximum Gasteiger partial charge on any atom is 0.263 e. The van der Waals surface area contributed by atoms with E-state index < -0.39 is 0 Å². The van der Waals surface area contributed by atoms with Crippen molar-refractivity contribution in [1.82, 2.24) is 10.6 Å². The van der Waals surface area contributed by atoms with Crippen molar-refractivity contribution in [3.63, 3.8) is 0 Å². The van der Waals surface area contributed by atoms with E-state index in [1.165, 1.54) is 22.7 Å².